The average molecular weight is 2160 g/mol. The van der Waals surface area contributed by atoms with Gasteiger partial charge in [-0.05, 0) is 146 Å². The Morgan fingerprint density at radius 2 is 0.686 bits per heavy atom. The van der Waals surface area contributed by atoms with E-state index in [1.54, 1.807) is 47.7 Å². The van der Waals surface area contributed by atoms with Crippen molar-refractivity contribution in [1.82, 2.24) is 123 Å². The molecule has 0 aliphatic carbocycles. The van der Waals surface area contributed by atoms with Gasteiger partial charge in [0.05, 0.1) is 102 Å². The Hall–Kier alpha value is -14.4. The van der Waals surface area contributed by atoms with Crippen LogP contribution in [-0.2, 0) is 19.6 Å². The summed E-state index contributed by atoms with van der Waals surface area (Å²) in [5.41, 5.74) is 52.2. The van der Waals surface area contributed by atoms with Crippen LogP contribution >= 0.6 is 63.7 Å². The first-order chi connectivity index (χ1) is 68.0. The number of H-pyrrole nitrogens is 1. The van der Waals surface area contributed by atoms with Gasteiger partial charge in [0.1, 0.15) is 29.6 Å². The van der Waals surface area contributed by atoms with E-state index in [-0.39, 0.29) is 47.3 Å². The minimum Gasteiger partial charge on any atom is -0.453 e. The maximum absolute atomic E-state index is 12.8. The fourth-order valence-electron chi connectivity index (χ4n) is 17.8. The van der Waals surface area contributed by atoms with Crippen LogP contribution in [0.5, 0.6) is 0 Å². The van der Waals surface area contributed by atoms with Crippen LogP contribution < -0.4 is 39.3 Å². The normalized spacial score (nSPS) is 14.7. The van der Waals surface area contributed by atoms with Crippen molar-refractivity contribution in [2.45, 2.75) is 87.1 Å². The number of alkyl carbamates (subject to hydrolysis) is 1. The number of nitrogens with two attached hydrogens (primary N) is 5. The first-order valence-electron chi connectivity index (χ1n) is 45.4. The lowest BCUT2D eigenvalue weighted by Crippen LogP contribution is -2.46. The van der Waals surface area contributed by atoms with Crippen LogP contribution in [0, 0.1) is 0 Å². The van der Waals surface area contributed by atoms with Gasteiger partial charge in [-0.2, -0.15) is 47.9 Å². The van der Waals surface area contributed by atoms with E-state index in [4.69, 9.17) is 48.6 Å². The summed E-state index contributed by atoms with van der Waals surface area (Å²) in [6.07, 6.45) is 20.6. The van der Waals surface area contributed by atoms with E-state index in [1.165, 1.54) is 17.7 Å². The minimum absolute atomic E-state index is 0.00698. The number of imide groups is 1. The fraction of sp³-hybridized carbons (Fsp3) is 0.245. The highest BCUT2D eigenvalue weighted by molar-refractivity contribution is 9.11. The molecule has 4 fully saturated rings. The number of halogens is 4. The molecule has 0 radical (unpaired) electrons. The number of aromatic amines is 1. The molecule has 140 heavy (non-hydrogen) atoms. The molecule has 13 N–H and O–H groups in total. The highest BCUT2D eigenvalue weighted by Crippen LogP contribution is 2.44. The number of aromatic nitrogens is 19. The molecular weight excluding hydrogens is 2060 g/mol. The molecule has 4 saturated heterocycles. The number of hydrogen-bond donors (Lipinski definition) is 8. The Kier molecular flexibility index (Phi) is 29.1. The molecule has 17 aromatic rings. The van der Waals surface area contributed by atoms with Gasteiger partial charge < -0.3 is 53.4 Å². The number of amides is 6. The lowest BCUT2D eigenvalue weighted by molar-refractivity contribution is -0.130. The van der Waals surface area contributed by atoms with Crippen LogP contribution in [-0.4, -0.2) is 218 Å². The average Bonchev–Trinajstić information content (AvgIpc) is 1.55. The highest BCUT2D eigenvalue weighted by atomic mass is 79.9. The zero-order valence-corrected chi connectivity index (χ0v) is 83.1. The van der Waals surface area contributed by atoms with Gasteiger partial charge >= 0.3 is 18.2 Å². The molecule has 42 heteroatoms. The van der Waals surface area contributed by atoms with E-state index in [1.807, 2.05) is 211 Å². The number of methoxy groups -OCH3 is 1. The van der Waals surface area contributed by atoms with Crippen molar-refractivity contribution in [3.63, 3.8) is 0 Å². The van der Waals surface area contributed by atoms with Gasteiger partial charge in [-0.15, -0.1) is 0 Å². The molecule has 4 aromatic carbocycles. The van der Waals surface area contributed by atoms with E-state index in [9.17, 15) is 27.6 Å². The number of sulfonamides is 1. The van der Waals surface area contributed by atoms with Crippen molar-refractivity contribution in [3.05, 3.63) is 266 Å². The summed E-state index contributed by atoms with van der Waals surface area (Å²) in [5, 5.41) is 28.9. The molecule has 21 rings (SSSR count). The molecule has 0 unspecified atom stereocenters. The number of rotatable bonds is 16. The maximum Gasteiger partial charge on any atom is 0.415 e. The number of ether oxygens (including phenoxy) is 1. The molecule has 714 valence electrons. The van der Waals surface area contributed by atoms with Gasteiger partial charge in [-0.25, -0.2) is 58.1 Å². The number of pyridine rings is 4. The Morgan fingerprint density at radius 1 is 0.393 bits per heavy atom. The number of carbonyl (C=O) groups excluding carboxylic acids is 4. The Labute approximate surface area is 837 Å². The number of fused-ring (bicyclic) bond motifs is 4. The van der Waals surface area contributed by atoms with Crippen molar-refractivity contribution in [3.8, 4) is 89.5 Å². The number of nitrogens with zero attached hydrogens (tertiary/aromatic N) is 22. The fourth-order valence-corrected chi connectivity index (χ4v) is 21.4. The summed E-state index contributed by atoms with van der Waals surface area (Å²) in [5.74, 6) is 2.41. The first-order valence-corrected chi connectivity index (χ1v) is 50.0. The molecule has 0 spiro atoms. The molecular formula is C98H96Br4N30O7S. The predicted molar refractivity (Wildman–Crippen MR) is 547 cm³/mol. The summed E-state index contributed by atoms with van der Waals surface area (Å²) in [6.45, 7) is 6.93. The van der Waals surface area contributed by atoms with Crippen LogP contribution in [0.2, 0.25) is 0 Å². The smallest absolute Gasteiger partial charge is 0.415 e. The van der Waals surface area contributed by atoms with Gasteiger partial charge in [0.2, 0.25) is 5.91 Å². The van der Waals surface area contributed by atoms with E-state index in [0.717, 1.165) is 147 Å². The third-order valence-electron chi connectivity index (χ3n) is 25.5. The number of carbonyl (C=O) groups is 4. The van der Waals surface area contributed by atoms with Crippen LogP contribution in [0.25, 0.3) is 112 Å². The summed E-state index contributed by atoms with van der Waals surface area (Å²) in [4.78, 5) is 95.2. The standard InChI is InChI=1S/C25H24BrN7O3.C25H26BrN7O.C24H22BrN9O2S.C24H24BrN7O/c1-36-25(35)31-24(34)32-11-9-16(10-12-32)21-20(26)22(27)33-23(30-21)18(14-29-33)17-7-8-19(28-13-17)15-5-3-2-4-6-15;1-2-28-25(34)32-12-10-17(11-13-32)22-21(26)23(27)33-24(31-22)19(15-30-33)18-8-9-20(29-14-18)16-6-4-3-5-7-16;25-20-21(16-8-10-33(11-9-16)37(35,36)24-28-14-29-32-24)31-23-18(13-30-34(23)22(20)26)17-6-7-19(27-12-17)15-4-2-1-3-5-15;25-21-22(16-8-10-31(11-9-16)20(33)12-26)30-24-18(14-29-32(24)23(21)27)17-6-7-19(28-13-17)15-4-2-1-3-5-15/h2-8,13-14,16H,9-12,27H2,1H3,(H,31,34,35);3-9,14-15,17H,2,10-13,27H2,1H3,(H,28,34);1-7,12-14,16H,8-11,26H2,(H,28,29,32);1-7,13-14,16H,8-12,26-27H2. The summed E-state index contributed by atoms with van der Waals surface area (Å²) < 4.78 is 41.0. The second-order valence-electron chi connectivity index (χ2n) is 33.8. The summed E-state index contributed by atoms with van der Waals surface area (Å²) in [6, 6.07) is 55.7. The monoisotopic (exact) mass is 2150 g/mol. The molecule has 0 atom stereocenters. The molecule has 4 aliphatic rings. The van der Waals surface area contributed by atoms with Gasteiger partial charge in [-0.3, -0.25) is 24.7 Å². The lowest BCUT2D eigenvalue weighted by atomic mass is 9.93. The molecule has 0 saturated carbocycles. The first kappa shape index (κ1) is 95.9. The highest BCUT2D eigenvalue weighted by Gasteiger charge is 2.37. The van der Waals surface area contributed by atoms with Crippen molar-refractivity contribution in [2.75, 3.05) is 95.5 Å². The van der Waals surface area contributed by atoms with Crippen molar-refractivity contribution < 1.29 is 32.3 Å². The zero-order valence-electron chi connectivity index (χ0n) is 75.9. The third-order valence-corrected chi connectivity index (χ3v) is 30.4. The maximum atomic E-state index is 12.8. The zero-order chi connectivity index (χ0) is 97.4. The molecule has 6 amide bonds. The quantitative estimate of drug-likeness (QED) is 0.0445. The number of benzene rings is 4. The number of anilines is 4. The van der Waals surface area contributed by atoms with E-state index < -0.39 is 22.1 Å². The van der Waals surface area contributed by atoms with Crippen LogP contribution in [0.1, 0.15) is 105 Å². The number of nitrogen functional groups attached to an aromatic ring is 4. The second-order valence-corrected chi connectivity index (χ2v) is 38.8. The van der Waals surface area contributed by atoms with Crippen LogP contribution in [0.15, 0.2) is 249 Å². The Morgan fingerprint density at radius 3 is 0.950 bits per heavy atom. The van der Waals surface area contributed by atoms with Gasteiger partial charge in [0.25, 0.3) is 15.2 Å². The number of urea groups is 2. The molecule has 0 bridgehead atoms. The Balaban J connectivity index is 0.000000124. The molecule has 13 aromatic heterocycles. The van der Waals surface area contributed by atoms with Crippen molar-refractivity contribution in [1.29, 1.82) is 0 Å². The SMILES string of the molecule is CCNC(=O)N1CCC(c2nc3c(-c4ccc(-c5ccccc5)nc4)cnn3c(N)c2Br)CC1.COC(=O)NC(=O)N1CCC(c2nc3c(-c4ccc(-c5ccccc5)nc4)cnn3c(N)c2Br)CC1.NCC(=O)N1CCC(c2nc3c(-c4ccc(-c5ccccc5)nc4)cnn3c(N)c2Br)CC1.Nc1c(Br)c(C2CCN(S(=O)(=O)c3ncn[nH]3)CC2)nc2c(-c3ccc(-c4ccccc4)nc3)cnn12. The molecule has 17 heterocycles. The van der Waals surface area contributed by atoms with Crippen molar-refractivity contribution in [2.24, 2.45) is 5.73 Å². The molecule has 4 aliphatic heterocycles. The molecule has 37 nitrogen and oxygen atoms in total. The largest absolute Gasteiger partial charge is 0.453 e. The third kappa shape index (κ3) is 20.1. The van der Waals surface area contributed by atoms with E-state index >= 15 is 0 Å². The Bertz CT molecular complexity index is 7450. The van der Waals surface area contributed by atoms with E-state index in [2.05, 4.69) is 135 Å². The van der Waals surface area contributed by atoms with Crippen LogP contribution in [0.4, 0.5) is 37.7 Å². The lowest BCUT2D eigenvalue weighted by Gasteiger charge is -2.32. The van der Waals surface area contributed by atoms with Gasteiger partial charge in [-0.1, -0.05) is 146 Å². The second kappa shape index (κ2) is 42.5. The predicted octanol–water partition coefficient (Wildman–Crippen LogP) is 16.1. The summed E-state index contributed by atoms with van der Waals surface area (Å²) >= 11 is 14.5. The van der Waals surface area contributed by atoms with Gasteiger partial charge in [0.15, 0.2) is 22.6 Å². The van der Waals surface area contributed by atoms with Crippen molar-refractivity contribution >= 4 is 144 Å². The number of hydrogen-bond acceptors (Lipinski definition) is 26. The van der Waals surface area contributed by atoms with E-state index in [0.29, 0.717) is 139 Å². The number of likely N-dealkylation sites (tertiary alicyclic amines) is 3. The number of piperidine rings is 4. The van der Waals surface area contributed by atoms with Gasteiger partial charge in [0, 0.05) is 174 Å². The van der Waals surface area contributed by atoms with Crippen LogP contribution in [0.3, 0.4) is 0 Å². The number of nitrogens with one attached hydrogen (secondary N) is 3. The minimum atomic E-state index is -3.71. The topological polar surface area (TPSA) is 493 Å². The summed E-state index contributed by atoms with van der Waals surface area (Å²) in [7, 11) is -2.49.